The molecule has 2 saturated heterocycles. The van der Waals surface area contributed by atoms with Gasteiger partial charge in [-0.1, -0.05) is 11.6 Å². The third kappa shape index (κ3) is 4.04. The lowest BCUT2D eigenvalue weighted by molar-refractivity contribution is 0.0352. The fraction of sp³-hybridized carbons (Fsp3) is 0.542. The molecule has 0 bridgehead atoms. The number of aliphatic hydroxyl groups excluding tert-OH is 1. The van der Waals surface area contributed by atoms with Gasteiger partial charge in [0.2, 0.25) is 5.95 Å². The van der Waals surface area contributed by atoms with E-state index in [9.17, 15) is 5.11 Å². The molecule has 2 N–H and O–H groups in total. The fourth-order valence-electron chi connectivity index (χ4n) is 5.25. The van der Waals surface area contributed by atoms with Crippen LogP contribution < -0.4 is 5.32 Å². The highest BCUT2D eigenvalue weighted by Gasteiger charge is 2.38. The molecule has 10 heteroatoms. The quantitative estimate of drug-likeness (QED) is 0.567. The van der Waals surface area contributed by atoms with E-state index in [-0.39, 0.29) is 12.0 Å². The first-order chi connectivity index (χ1) is 16.5. The molecule has 2 aliphatic heterocycles. The van der Waals surface area contributed by atoms with Crippen LogP contribution in [0.3, 0.4) is 0 Å². The van der Waals surface area contributed by atoms with Gasteiger partial charge in [0.05, 0.1) is 48.8 Å². The first-order valence-electron chi connectivity index (χ1n) is 11.9. The molecule has 3 fully saturated rings. The van der Waals surface area contributed by atoms with E-state index in [2.05, 4.69) is 15.4 Å². The average Bonchev–Trinajstić information content (AvgIpc) is 3.47. The zero-order valence-electron chi connectivity index (χ0n) is 19.0. The van der Waals surface area contributed by atoms with Gasteiger partial charge < -0.3 is 15.2 Å². The Morgan fingerprint density at radius 3 is 2.79 bits per heavy atom. The molecule has 1 unspecified atom stereocenters. The van der Waals surface area contributed by atoms with E-state index in [1.54, 1.807) is 12.4 Å². The van der Waals surface area contributed by atoms with Gasteiger partial charge in [-0.25, -0.2) is 19.0 Å². The van der Waals surface area contributed by atoms with E-state index in [4.69, 9.17) is 21.3 Å². The van der Waals surface area contributed by atoms with Gasteiger partial charge in [0.25, 0.3) is 0 Å². The summed E-state index contributed by atoms with van der Waals surface area (Å²) in [4.78, 5) is 11.2. The Labute approximate surface area is 202 Å². The number of aromatic nitrogens is 4. The molecule has 3 aromatic rings. The number of nitrogens with zero attached hydrogens (tertiary/aromatic N) is 5. The van der Waals surface area contributed by atoms with E-state index in [0.29, 0.717) is 49.0 Å². The van der Waals surface area contributed by atoms with Crippen molar-refractivity contribution in [3.05, 3.63) is 40.8 Å². The number of alkyl halides is 1. The van der Waals surface area contributed by atoms with Crippen LogP contribution in [0.1, 0.15) is 42.3 Å². The zero-order valence-corrected chi connectivity index (χ0v) is 19.7. The van der Waals surface area contributed by atoms with Gasteiger partial charge in [-0.05, 0) is 56.0 Å². The maximum Gasteiger partial charge on any atom is 0.227 e. The largest absolute Gasteiger partial charge is 0.389 e. The van der Waals surface area contributed by atoms with Gasteiger partial charge in [0, 0.05) is 24.0 Å². The van der Waals surface area contributed by atoms with Crippen LogP contribution in [0.25, 0.3) is 10.9 Å². The van der Waals surface area contributed by atoms with Crippen LogP contribution in [0.15, 0.2) is 24.5 Å². The van der Waals surface area contributed by atoms with Crippen LogP contribution in [0, 0.1) is 6.92 Å². The Kier molecular flexibility index (Phi) is 5.68. The van der Waals surface area contributed by atoms with Crippen molar-refractivity contribution in [2.45, 2.75) is 56.5 Å². The lowest BCUT2D eigenvalue weighted by atomic mass is 9.84. The van der Waals surface area contributed by atoms with Crippen LogP contribution in [0.5, 0.6) is 0 Å². The minimum Gasteiger partial charge on any atom is -0.389 e. The average molecular weight is 487 g/mol. The van der Waals surface area contributed by atoms with Crippen molar-refractivity contribution in [2.75, 3.05) is 31.6 Å². The van der Waals surface area contributed by atoms with Crippen molar-refractivity contribution in [1.82, 2.24) is 24.6 Å². The number of piperidine rings is 1. The van der Waals surface area contributed by atoms with Crippen LogP contribution in [-0.2, 0) is 4.74 Å². The third-order valence-electron chi connectivity index (χ3n) is 7.30. The molecule has 8 nitrogen and oxygen atoms in total. The van der Waals surface area contributed by atoms with E-state index in [1.807, 2.05) is 28.6 Å². The van der Waals surface area contributed by atoms with Crippen LogP contribution in [-0.4, -0.2) is 74.4 Å². The highest BCUT2D eigenvalue weighted by Crippen LogP contribution is 2.39. The van der Waals surface area contributed by atoms with Crippen LogP contribution >= 0.6 is 11.6 Å². The van der Waals surface area contributed by atoms with Crippen molar-refractivity contribution in [2.24, 2.45) is 0 Å². The fourth-order valence-corrected chi connectivity index (χ4v) is 5.53. The summed E-state index contributed by atoms with van der Waals surface area (Å²) in [6.07, 6.45) is 4.78. The van der Waals surface area contributed by atoms with E-state index in [0.717, 1.165) is 41.4 Å². The number of ether oxygens (including phenoxy) is 1. The normalized spacial score (nSPS) is 28.0. The summed E-state index contributed by atoms with van der Waals surface area (Å²) >= 11 is 6.47. The number of aliphatic hydroxyl groups is 1. The molecule has 4 atom stereocenters. The summed E-state index contributed by atoms with van der Waals surface area (Å²) in [6, 6.07) is 4.29. The molecule has 0 spiro atoms. The number of hydrogen-bond acceptors (Lipinski definition) is 7. The number of aryl methyl sites for hydroxylation is 1. The van der Waals surface area contributed by atoms with Gasteiger partial charge in [-0.2, -0.15) is 5.10 Å². The molecular formula is C24H28ClFN6O2. The Morgan fingerprint density at radius 2 is 2.06 bits per heavy atom. The second kappa shape index (κ2) is 8.71. The molecular weight excluding hydrogens is 459 g/mol. The molecule has 1 aromatic carbocycles. The van der Waals surface area contributed by atoms with Crippen molar-refractivity contribution >= 4 is 34.1 Å². The second-order valence-corrected chi connectivity index (χ2v) is 10.0. The van der Waals surface area contributed by atoms with Crippen molar-refractivity contribution in [3.8, 4) is 0 Å². The standard InChI is InChI=1S/C24H28ClFN6O2/c1-13-6-14-8-27-24(30-20-9-28-32(23(20)25)15-2-3-15)29-19(14)7-17(13)16-4-5-31(10-18(16)26)21-11-34-12-22(21)33/h6-9,15-16,18,21-22,33H,2-5,10-12H2,1H3,(H,27,29,30)/t16-,18+,21?,22-/m0/s1. The van der Waals surface area contributed by atoms with Crippen LogP contribution in [0.2, 0.25) is 5.15 Å². The molecule has 0 radical (unpaired) electrons. The number of likely N-dealkylation sites (tertiary alicyclic amines) is 1. The van der Waals surface area contributed by atoms with E-state index >= 15 is 4.39 Å². The minimum absolute atomic E-state index is 0.116. The number of benzene rings is 1. The van der Waals surface area contributed by atoms with E-state index in [1.165, 1.54) is 0 Å². The number of halogens is 2. The van der Waals surface area contributed by atoms with Crippen molar-refractivity contribution < 1.29 is 14.2 Å². The predicted octanol–water partition coefficient (Wildman–Crippen LogP) is 3.75. The maximum absolute atomic E-state index is 15.4. The summed E-state index contributed by atoms with van der Waals surface area (Å²) in [6.45, 7) is 3.83. The lowest BCUT2D eigenvalue weighted by Crippen LogP contribution is -2.50. The molecule has 34 heavy (non-hydrogen) atoms. The number of nitrogens with one attached hydrogen (secondary N) is 1. The van der Waals surface area contributed by atoms with Gasteiger partial charge in [0.15, 0.2) is 5.15 Å². The Hall–Kier alpha value is -2.33. The van der Waals surface area contributed by atoms with Gasteiger partial charge in [-0.3, -0.25) is 4.90 Å². The summed E-state index contributed by atoms with van der Waals surface area (Å²) in [5.41, 5.74) is 3.45. The highest BCUT2D eigenvalue weighted by molar-refractivity contribution is 6.32. The third-order valence-corrected chi connectivity index (χ3v) is 7.68. The molecule has 6 rings (SSSR count). The zero-order chi connectivity index (χ0) is 23.4. The first-order valence-corrected chi connectivity index (χ1v) is 12.3. The second-order valence-electron chi connectivity index (χ2n) is 9.69. The first kappa shape index (κ1) is 22.2. The molecule has 4 heterocycles. The lowest BCUT2D eigenvalue weighted by Gasteiger charge is -2.39. The summed E-state index contributed by atoms with van der Waals surface area (Å²) in [7, 11) is 0. The Balaban J connectivity index is 1.23. The summed E-state index contributed by atoms with van der Waals surface area (Å²) < 4.78 is 22.6. The topological polar surface area (TPSA) is 88.3 Å². The van der Waals surface area contributed by atoms with Gasteiger partial charge in [0.1, 0.15) is 6.17 Å². The molecule has 3 aliphatic rings. The number of anilines is 2. The summed E-state index contributed by atoms with van der Waals surface area (Å²) in [5.74, 6) is 0.221. The molecule has 180 valence electrons. The molecule has 0 amide bonds. The van der Waals surface area contributed by atoms with E-state index < -0.39 is 12.3 Å². The SMILES string of the molecule is Cc1cc2cnc(Nc3cnn(C4CC4)c3Cl)nc2cc1[C@@H]1CCN(C2COC[C@@H]2O)C[C@H]1F. The molecule has 1 aliphatic carbocycles. The molecule has 1 saturated carbocycles. The maximum atomic E-state index is 15.4. The Bertz CT molecular complexity index is 1220. The van der Waals surface area contributed by atoms with Crippen LogP contribution in [0.4, 0.5) is 16.0 Å². The number of rotatable bonds is 5. The predicted molar refractivity (Wildman–Crippen MR) is 128 cm³/mol. The monoisotopic (exact) mass is 486 g/mol. The number of hydrogen-bond donors (Lipinski definition) is 2. The highest BCUT2D eigenvalue weighted by atomic mass is 35.5. The van der Waals surface area contributed by atoms with Crippen molar-refractivity contribution in [1.29, 1.82) is 0 Å². The minimum atomic E-state index is -1.02. The number of fused-ring (bicyclic) bond motifs is 1. The summed E-state index contributed by atoms with van der Waals surface area (Å²) in [5, 5.41) is 19.1. The smallest absolute Gasteiger partial charge is 0.227 e. The van der Waals surface area contributed by atoms with Gasteiger partial charge in [-0.15, -0.1) is 0 Å². The van der Waals surface area contributed by atoms with Gasteiger partial charge >= 0.3 is 0 Å². The molecule has 2 aromatic heterocycles. The Morgan fingerprint density at radius 1 is 1.21 bits per heavy atom. The van der Waals surface area contributed by atoms with Crippen molar-refractivity contribution in [3.63, 3.8) is 0 Å².